The van der Waals surface area contributed by atoms with Crippen LogP contribution >= 0.6 is 11.6 Å². The molecule has 2 heterocycles. The molecule has 1 aliphatic heterocycles. The fourth-order valence-corrected chi connectivity index (χ4v) is 6.49. The highest BCUT2D eigenvalue weighted by Gasteiger charge is 2.23. The highest BCUT2D eigenvalue weighted by molar-refractivity contribution is 7.89. The summed E-state index contributed by atoms with van der Waals surface area (Å²) in [4.78, 5) is 12.2. The molecular formula is C28H37ClN6O3S. The Balaban J connectivity index is 1.10. The molecule has 11 heteroatoms. The van der Waals surface area contributed by atoms with E-state index in [0.29, 0.717) is 29.4 Å². The lowest BCUT2D eigenvalue weighted by Crippen LogP contribution is -2.39. The van der Waals surface area contributed by atoms with Gasteiger partial charge in [0.2, 0.25) is 16.0 Å². The van der Waals surface area contributed by atoms with Crippen LogP contribution in [0, 0.1) is 11.8 Å². The van der Waals surface area contributed by atoms with Gasteiger partial charge in [0, 0.05) is 49.7 Å². The van der Waals surface area contributed by atoms with Gasteiger partial charge in [-0.1, -0.05) is 23.7 Å². The Bertz CT molecular complexity index is 1330. The van der Waals surface area contributed by atoms with E-state index in [2.05, 4.69) is 26.3 Å². The van der Waals surface area contributed by atoms with E-state index >= 15 is 0 Å². The summed E-state index contributed by atoms with van der Waals surface area (Å²) < 4.78 is 33.4. The zero-order valence-corrected chi connectivity index (χ0v) is 23.7. The summed E-state index contributed by atoms with van der Waals surface area (Å²) in [6.07, 6.45) is 4.06. The number of benzene rings is 2. The van der Waals surface area contributed by atoms with E-state index in [9.17, 15) is 8.42 Å². The van der Waals surface area contributed by atoms with Crippen molar-refractivity contribution in [2.75, 3.05) is 63.1 Å². The summed E-state index contributed by atoms with van der Waals surface area (Å²) >= 11 is 5.88. The maximum atomic E-state index is 12.6. The fourth-order valence-electron chi connectivity index (χ4n) is 5.25. The van der Waals surface area contributed by atoms with E-state index in [4.69, 9.17) is 26.3 Å². The van der Waals surface area contributed by atoms with Gasteiger partial charge in [0.05, 0.1) is 23.6 Å². The van der Waals surface area contributed by atoms with Gasteiger partial charge in [0.15, 0.2) is 0 Å². The number of sulfonamides is 1. The molecule has 1 saturated carbocycles. The van der Waals surface area contributed by atoms with Crippen LogP contribution in [0.25, 0.3) is 10.9 Å². The lowest BCUT2D eigenvalue weighted by atomic mass is 9.82. The van der Waals surface area contributed by atoms with Crippen molar-refractivity contribution in [3.63, 3.8) is 0 Å². The lowest BCUT2D eigenvalue weighted by molar-refractivity contribution is 0.0398. The number of hydrogen-bond donors (Lipinski definition) is 3. The molecule has 2 fully saturated rings. The summed E-state index contributed by atoms with van der Waals surface area (Å²) in [5.74, 6) is 2.33. The average Bonchev–Trinajstić information content (AvgIpc) is 2.96. The average molecular weight is 573 g/mol. The van der Waals surface area contributed by atoms with Crippen LogP contribution in [0.5, 0.6) is 0 Å². The second-order valence-electron chi connectivity index (χ2n) is 10.4. The van der Waals surface area contributed by atoms with Gasteiger partial charge in [0.25, 0.3) is 0 Å². The molecule has 1 aromatic heterocycles. The summed E-state index contributed by atoms with van der Waals surface area (Å²) in [5.41, 5.74) is 0.917. The maximum absolute atomic E-state index is 12.6. The highest BCUT2D eigenvalue weighted by atomic mass is 35.5. The summed E-state index contributed by atoms with van der Waals surface area (Å²) in [5, 5.41) is 8.54. The van der Waals surface area contributed by atoms with Gasteiger partial charge in [0.1, 0.15) is 5.82 Å². The smallest absolute Gasteiger partial charge is 0.240 e. The molecule has 2 aliphatic rings. The predicted octanol–water partition coefficient (Wildman–Crippen LogP) is 4.22. The van der Waals surface area contributed by atoms with Crippen molar-refractivity contribution in [3.05, 3.63) is 53.6 Å². The molecule has 0 amide bonds. The van der Waals surface area contributed by atoms with Crippen molar-refractivity contribution < 1.29 is 13.2 Å². The first-order chi connectivity index (χ1) is 19.0. The third-order valence-electron chi connectivity index (χ3n) is 7.63. The molecule has 5 rings (SSSR count). The number of morpholine rings is 1. The molecule has 3 aromatic rings. The molecule has 9 nitrogen and oxygen atoms in total. The van der Waals surface area contributed by atoms with Crippen LogP contribution in [0.3, 0.4) is 0 Å². The normalized spacial score (nSPS) is 20.6. The number of halogens is 1. The van der Waals surface area contributed by atoms with E-state index in [1.165, 1.54) is 12.1 Å². The second kappa shape index (κ2) is 13.2. The van der Waals surface area contributed by atoms with E-state index in [-0.39, 0.29) is 4.90 Å². The van der Waals surface area contributed by atoms with Gasteiger partial charge in [-0.25, -0.2) is 18.1 Å². The summed E-state index contributed by atoms with van der Waals surface area (Å²) in [7, 11) is -3.52. The summed E-state index contributed by atoms with van der Waals surface area (Å²) in [6, 6.07) is 14.3. The Morgan fingerprint density at radius 1 is 0.897 bits per heavy atom. The van der Waals surface area contributed by atoms with E-state index in [1.807, 2.05) is 18.2 Å². The number of fused-ring (bicyclic) bond motifs is 1. The Morgan fingerprint density at radius 2 is 1.59 bits per heavy atom. The molecule has 0 spiro atoms. The quantitative estimate of drug-likeness (QED) is 0.313. The van der Waals surface area contributed by atoms with Crippen LogP contribution in [0.1, 0.15) is 25.7 Å². The maximum Gasteiger partial charge on any atom is 0.240 e. The Hall–Kier alpha value is -2.50. The van der Waals surface area contributed by atoms with Gasteiger partial charge in [-0.05, 0) is 73.9 Å². The molecule has 39 heavy (non-hydrogen) atoms. The lowest BCUT2D eigenvalue weighted by Gasteiger charge is -2.28. The fraction of sp³-hybridized carbons (Fsp3) is 0.500. The monoisotopic (exact) mass is 572 g/mol. The third kappa shape index (κ3) is 7.79. The van der Waals surface area contributed by atoms with Crippen LogP contribution in [0.4, 0.5) is 11.8 Å². The van der Waals surface area contributed by atoms with Crippen molar-refractivity contribution in [3.8, 4) is 0 Å². The number of anilines is 2. The molecule has 2 aromatic carbocycles. The molecule has 0 radical (unpaired) electrons. The minimum Gasteiger partial charge on any atom is -0.379 e. The first kappa shape index (κ1) is 28.0. The van der Waals surface area contributed by atoms with Crippen molar-refractivity contribution >= 4 is 44.3 Å². The number of nitrogens with zero attached hydrogens (tertiary/aromatic N) is 3. The standard InChI is InChI=1S/C28H37ClN6O3S/c29-23-9-11-24(12-10-23)39(36,37)32-20-22-7-5-21(6-8-22)19-31-28-33-26-4-2-1-3-25(26)27(34-28)30-13-14-35-15-17-38-18-16-35/h1-4,9-12,21-22,32H,5-8,13-20H2,(H2,30,31,33,34). The zero-order chi connectivity index (χ0) is 27.1. The summed E-state index contributed by atoms with van der Waals surface area (Å²) in [6.45, 7) is 6.55. The van der Waals surface area contributed by atoms with Crippen LogP contribution in [0.2, 0.25) is 5.02 Å². The number of nitrogens with one attached hydrogen (secondary N) is 3. The van der Waals surface area contributed by atoms with E-state index in [1.54, 1.807) is 12.1 Å². The van der Waals surface area contributed by atoms with Gasteiger partial charge in [-0.3, -0.25) is 4.90 Å². The minimum absolute atomic E-state index is 0.245. The van der Waals surface area contributed by atoms with Gasteiger partial charge in [-0.2, -0.15) is 4.98 Å². The van der Waals surface area contributed by atoms with Crippen molar-refractivity contribution in [2.45, 2.75) is 30.6 Å². The van der Waals surface area contributed by atoms with Crippen molar-refractivity contribution in [2.24, 2.45) is 11.8 Å². The largest absolute Gasteiger partial charge is 0.379 e. The molecule has 0 unspecified atom stereocenters. The third-order valence-corrected chi connectivity index (χ3v) is 9.32. The van der Waals surface area contributed by atoms with Crippen LogP contribution in [-0.2, 0) is 14.8 Å². The van der Waals surface area contributed by atoms with E-state index in [0.717, 1.165) is 88.3 Å². The molecule has 0 atom stereocenters. The number of hydrogen-bond acceptors (Lipinski definition) is 8. The number of para-hydroxylation sites is 1. The SMILES string of the molecule is O=S(=O)(NCC1CCC(CNc2nc(NCCN3CCOCC3)c3ccccc3n2)CC1)c1ccc(Cl)cc1. The number of aromatic nitrogens is 2. The zero-order valence-electron chi connectivity index (χ0n) is 22.1. The van der Waals surface area contributed by atoms with Crippen molar-refractivity contribution in [1.82, 2.24) is 19.6 Å². The van der Waals surface area contributed by atoms with Gasteiger partial charge in [-0.15, -0.1) is 0 Å². The highest BCUT2D eigenvalue weighted by Crippen LogP contribution is 2.29. The van der Waals surface area contributed by atoms with Gasteiger partial charge >= 0.3 is 0 Å². The number of rotatable bonds is 11. The molecule has 210 valence electrons. The van der Waals surface area contributed by atoms with Crippen LogP contribution in [0.15, 0.2) is 53.4 Å². The first-order valence-corrected chi connectivity index (χ1v) is 15.6. The first-order valence-electron chi connectivity index (χ1n) is 13.8. The Kier molecular flexibility index (Phi) is 9.52. The van der Waals surface area contributed by atoms with E-state index < -0.39 is 10.0 Å². The van der Waals surface area contributed by atoms with Crippen molar-refractivity contribution in [1.29, 1.82) is 0 Å². The molecule has 3 N–H and O–H groups in total. The van der Waals surface area contributed by atoms with Crippen LogP contribution in [-0.4, -0.2) is 75.8 Å². The Labute approximate surface area is 235 Å². The molecule has 0 bridgehead atoms. The second-order valence-corrected chi connectivity index (χ2v) is 12.6. The topological polar surface area (TPSA) is 108 Å². The molecule has 1 saturated heterocycles. The van der Waals surface area contributed by atoms with Gasteiger partial charge < -0.3 is 15.4 Å². The molecular weight excluding hydrogens is 536 g/mol. The minimum atomic E-state index is -3.52. The molecule has 1 aliphatic carbocycles. The van der Waals surface area contributed by atoms with Crippen LogP contribution < -0.4 is 15.4 Å². The predicted molar refractivity (Wildman–Crippen MR) is 156 cm³/mol. The Morgan fingerprint density at radius 3 is 2.33 bits per heavy atom. The number of ether oxygens (including phenoxy) is 1.